The maximum absolute atomic E-state index is 12.3. The molecule has 0 saturated heterocycles. The molecule has 0 atom stereocenters. The molecule has 1 aromatic carbocycles. The third kappa shape index (κ3) is 3.30. The van der Waals surface area contributed by atoms with Gasteiger partial charge in [-0.1, -0.05) is 15.9 Å². The number of nitrogens with one attached hydrogen (secondary N) is 1. The van der Waals surface area contributed by atoms with Crippen molar-refractivity contribution >= 4 is 38.9 Å². The Morgan fingerprint density at radius 2 is 2.29 bits per heavy atom. The summed E-state index contributed by atoms with van der Waals surface area (Å²) >= 11 is 5.24. The number of amides is 1. The molecular weight excluding hydrogens is 348 g/mol. The summed E-state index contributed by atoms with van der Waals surface area (Å²) < 4.78 is 1.05. The van der Waals surface area contributed by atoms with E-state index < -0.39 is 0 Å². The van der Waals surface area contributed by atoms with Crippen molar-refractivity contribution in [2.24, 2.45) is 0 Å². The third-order valence-corrected chi connectivity index (χ3v) is 5.30. The van der Waals surface area contributed by atoms with Crippen molar-refractivity contribution in [2.75, 3.05) is 18.4 Å². The van der Waals surface area contributed by atoms with E-state index in [4.69, 9.17) is 0 Å². The van der Waals surface area contributed by atoms with Crippen LogP contribution < -0.4 is 5.32 Å². The van der Waals surface area contributed by atoms with E-state index in [1.165, 1.54) is 10.4 Å². The monoisotopic (exact) mass is 364 g/mol. The van der Waals surface area contributed by atoms with E-state index in [2.05, 4.69) is 32.7 Å². The molecule has 0 saturated carbocycles. The molecule has 0 spiro atoms. The van der Waals surface area contributed by atoms with Gasteiger partial charge in [-0.2, -0.15) is 0 Å². The van der Waals surface area contributed by atoms with Crippen LogP contribution in [-0.4, -0.2) is 23.9 Å². The lowest BCUT2D eigenvalue weighted by Crippen LogP contribution is -2.38. The number of halogens is 1. The zero-order chi connectivity index (χ0) is 14.8. The topological polar surface area (TPSA) is 32.3 Å². The number of carbonyl (C=O) groups excluding carboxylic acids is 1. The Bertz CT molecular complexity index is 668. The van der Waals surface area contributed by atoms with Gasteiger partial charge in [-0.15, -0.1) is 11.3 Å². The maximum Gasteiger partial charge on any atom is 0.242 e. The molecule has 0 radical (unpaired) electrons. The van der Waals surface area contributed by atoms with Crippen LogP contribution in [0.15, 0.2) is 34.1 Å². The molecule has 110 valence electrons. The lowest BCUT2D eigenvalue weighted by molar-refractivity contribution is -0.130. The summed E-state index contributed by atoms with van der Waals surface area (Å²) in [5.74, 6) is 0.161. The van der Waals surface area contributed by atoms with Crippen molar-refractivity contribution in [3.63, 3.8) is 0 Å². The van der Waals surface area contributed by atoms with Gasteiger partial charge in [0.1, 0.15) is 0 Å². The average Bonchev–Trinajstić information content (AvgIpc) is 2.93. The largest absolute Gasteiger partial charge is 0.376 e. The molecule has 3 rings (SSSR count). The fraction of sp³-hybridized carbons (Fsp3) is 0.312. The average molecular weight is 365 g/mol. The summed E-state index contributed by atoms with van der Waals surface area (Å²) in [4.78, 5) is 15.7. The minimum Gasteiger partial charge on any atom is -0.376 e. The number of aryl methyl sites for hydroxylation is 1. The number of carbonyl (C=O) groups is 1. The molecule has 2 aromatic rings. The predicted molar refractivity (Wildman–Crippen MR) is 90.8 cm³/mol. The molecule has 1 aliphatic heterocycles. The Morgan fingerprint density at radius 1 is 1.43 bits per heavy atom. The molecule has 1 amide bonds. The standard InChI is InChI=1S/C16H17BrN2OS/c1-11-8-13(17)2-3-14(11)18-9-16(20)19-6-4-15-12(10-19)5-7-21-15/h2-3,5,7-8,18H,4,6,9-10H2,1H3. The van der Waals surface area contributed by atoms with Crippen LogP contribution in [0, 0.1) is 6.92 Å². The van der Waals surface area contributed by atoms with Gasteiger partial charge in [0.25, 0.3) is 0 Å². The van der Waals surface area contributed by atoms with Crippen LogP contribution in [0.4, 0.5) is 5.69 Å². The summed E-state index contributed by atoms with van der Waals surface area (Å²) in [5, 5.41) is 5.36. The highest BCUT2D eigenvalue weighted by molar-refractivity contribution is 9.10. The van der Waals surface area contributed by atoms with Gasteiger partial charge in [0.2, 0.25) is 5.91 Å². The quantitative estimate of drug-likeness (QED) is 0.897. The van der Waals surface area contributed by atoms with Crippen LogP contribution in [0.1, 0.15) is 16.0 Å². The lowest BCUT2D eigenvalue weighted by Gasteiger charge is -2.27. The van der Waals surface area contributed by atoms with Gasteiger partial charge >= 0.3 is 0 Å². The molecule has 5 heteroatoms. The van der Waals surface area contributed by atoms with E-state index in [-0.39, 0.29) is 5.91 Å². The van der Waals surface area contributed by atoms with Gasteiger partial charge in [-0.25, -0.2) is 0 Å². The molecule has 2 heterocycles. The van der Waals surface area contributed by atoms with Gasteiger partial charge in [0.05, 0.1) is 6.54 Å². The van der Waals surface area contributed by atoms with Crippen LogP contribution in [0.3, 0.4) is 0 Å². The molecule has 0 bridgehead atoms. The van der Waals surface area contributed by atoms with Crippen molar-refractivity contribution in [3.05, 3.63) is 50.1 Å². The van der Waals surface area contributed by atoms with Gasteiger partial charge in [-0.3, -0.25) is 4.79 Å². The second-order valence-electron chi connectivity index (χ2n) is 5.25. The summed E-state index contributed by atoms with van der Waals surface area (Å²) in [6, 6.07) is 8.16. The molecular formula is C16H17BrN2OS. The number of hydrogen-bond acceptors (Lipinski definition) is 3. The van der Waals surface area contributed by atoms with Crippen LogP contribution in [0.5, 0.6) is 0 Å². The molecule has 1 aromatic heterocycles. The number of fused-ring (bicyclic) bond motifs is 1. The number of benzene rings is 1. The fourth-order valence-electron chi connectivity index (χ4n) is 2.57. The molecule has 3 nitrogen and oxygen atoms in total. The highest BCUT2D eigenvalue weighted by Gasteiger charge is 2.21. The SMILES string of the molecule is Cc1cc(Br)ccc1NCC(=O)N1CCc2sccc2C1. The first-order valence-electron chi connectivity index (χ1n) is 6.96. The van der Waals surface area contributed by atoms with Gasteiger partial charge in [0, 0.05) is 28.1 Å². The Hall–Kier alpha value is -1.33. The van der Waals surface area contributed by atoms with E-state index in [0.29, 0.717) is 6.54 Å². The van der Waals surface area contributed by atoms with Crippen LogP contribution >= 0.6 is 27.3 Å². The first kappa shape index (κ1) is 14.6. The Balaban J connectivity index is 1.60. The summed E-state index contributed by atoms with van der Waals surface area (Å²) in [6.45, 7) is 3.96. The number of rotatable bonds is 3. The molecule has 1 N–H and O–H groups in total. The highest BCUT2D eigenvalue weighted by atomic mass is 79.9. The van der Waals surface area contributed by atoms with E-state index >= 15 is 0 Å². The number of anilines is 1. The van der Waals surface area contributed by atoms with Crippen molar-refractivity contribution in [3.8, 4) is 0 Å². The third-order valence-electron chi connectivity index (χ3n) is 3.78. The van der Waals surface area contributed by atoms with Crippen LogP contribution in [0.2, 0.25) is 0 Å². The number of nitrogens with zero attached hydrogens (tertiary/aromatic N) is 1. The minimum atomic E-state index is 0.161. The summed E-state index contributed by atoms with van der Waals surface area (Å²) in [5.41, 5.74) is 3.45. The second-order valence-corrected chi connectivity index (χ2v) is 7.16. The van der Waals surface area contributed by atoms with Crippen molar-refractivity contribution in [2.45, 2.75) is 19.9 Å². The molecule has 1 aliphatic rings. The summed E-state index contributed by atoms with van der Waals surface area (Å²) in [6.07, 6.45) is 0.982. The lowest BCUT2D eigenvalue weighted by atomic mass is 10.1. The van der Waals surface area contributed by atoms with Gasteiger partial charge < -0.3 is 10.2 Å². The second kappa shape index (κ2) is 6.20. The summed E-state index contributed by atoms with van der Waals surface area (Å²) in [7, 11) is 0. The fourth-order valence-corrected chi connectivity index (χ4v) is 3.93. The van der Waals surface area contributed by atoms with Crippen LogP contribution in [0.25, 0.3) is 0 Å². The smallest absolute Gasteiger partial charge is 0.242 e. The minimum absolute atomic E-state index is 0.161. The normalized spacial score (nSPS) is 13.9. The van der Waals surface area contributed by atoms with E-state index in [1.807, 2.05) is 30.0 Å². The van der Waals surface area contributed by atoms with Crippen LogP contribution in [-0.2, 0) is 17.8 Å². The highest BCUT2D eigenvalue weighted by Crippen LogP contribution is 2.24. The number of hydrogen-bond donors (Lipinski definition) is 1. The van der Waals surface area contributed by atoms with E-state index in [1.54, 1.807) is 11.3 Å². The Kier molecular flexibility index (Phi) is 4.31. The van der Waals surface area contributed by atoms with E-state index in [0.717, 1.165) is 35.2 Å². The molecule has 21 heavy (non-hydrogen) atoms. The zero-order valence-corrected chi connectivity index (χ0v) is 14.3. The maximum atomic E-state index is 12.3. The molecule has 0 aliphatic carbocycles. The first-order chi connectivity index (χ1) is 10.1. The predicted octanol–water partition coefficient (Wildman–Crippen LogP) is 3.82. The first-order valence-corrected chi connectivity index (χ1v) is 8.64. The van der Waals surface area contributed by atoms with Gasteiger partial charge in [0.15, 0.2) is 0 Å². The Morgan fingerprint density at radius 3 is 3.10 bits per heavy atom. The van der Waals surface area contributed by atoms with Crippen molar-refractivity contribution < 1.29 is 4.79 Å². The van der Waals surface area contributed by atoms with Gasteiger partial charge in [-0.05, 0) is 54.1 Å². The zero-order valence-electron chi connectivity index (χ0n) is 11.9. The number of thiophene rings is 1. The van der Waals surface area contributed by atoms with E-state index in [9.17, 15) is 4.79 Å². The molecule has 0 unspecified atom stereocenters. The van der Waals surface area contributed by atoms with Crippen molar-refractivity contribution in [1.82, 2.24) is 4.90 Å². The molecule has 0 fully saturated rings. The van der Waals surface area contributed by atoms with Crippen molar-refractivity contribution in [1.29, 1.82) is 0 Å². The Labute approximate surface area is 137 Å².